The zero-order chi connectivity index (χ0) is 13.9. The number of para-hydroxylation sites is 1. The van der Waals surface area contributed by atoms with Gasteiger partial charge in [0.15, 0.2) is 0 Å². The fourth-order valence-electron chi connectivity index (χ4n) is 2.05. The number of aromatic nitrogens is 2. The van der Waals surface area contributed by atoms with Crippen LogP contribution in [0.4, 0.5) is 11.4 Å². The summed E-state index contributed by atoms with van der Waals surface area (Å²) in [5, 5.41) is 21.9. The second-order valence-corrected chi connectivity index (χ2v) is 4.42. The second kappa shape index (κ2) is 5.00. The van der Waals surface area contributed by atoms with Gasteiger partial charge in [0, 0.05) is 24.1 Å². The molecule has 2 aromatic carbocycles. The number of nitro groups is 1. The number of aromatic amines is 1. The van der Waals surface area contributed by atoms with Crippen LogP contribution < -0.4 is 5.32 Å². The number of hydrogen-bond donors (Lipinski definition) is 2. The lowest BCUT2D eigenvalue weighted by Crippen LogP contribution is -2.00. The van der Waals surface area contributed by atoms with E-state index >= 15 is 0 Å². The number of nitro benzene ring substituents is 1. The van der Waals surface area contributed by atoms with Gasteiger partial charge in [-0.25, -0.2) is 0 Å². The van der Waals surface area contributed by atoms with Crippen LogP contribution >= 0.6 is 0 Å². The van der Waals surface area contributed by atoms with Crippen molar-refractivity contribution in [3.63, 3.8) is 0 Å². The average molecular weight is 268 g/mol. The summed E-state index contributed by atoms with van der Waals surface area (Å²) in [4.78, 5) is 10.2. The number of hydrogen-bond acceptors (Lipinski definition) is 4. The van der Waals surface area contributed by atoms with E-state index in [1.807, 2.05) is 18.2 Å². The quantitative estimate of drug-likeness (QED) is 0.562. The average Bonchev–Trinajstić information content (AvgIpc) is 2.94. The standard InChI is InChI=1S/C14H12N4O2/c19-18(20)12-6-4-10(5-7-12)8-15-13-3-1-2-11-9-16-17-14(11)13/h1-7,9,15H,8H2,(H,16,17). The molecule has 100 valence electrons. The molecule has 2 N–H and O–H groups in total. The predicted octanol–water partition coefficient (Wildman–Crippen LogP) is 3.08. The summed E-state index contributed by atoms with van der Waals surface area (Å²) in [6.07, 6.45) is 1.77. The molecule has 0 saturated heterocycles. The number of fused-ring (bicyclic) bond motifs is 1. The Kier molecular flexibility index (Phi) is 3.04. The molecule has 1 aromatic heterocycles. The van der Waals surface area contributed by atoms with Crippen LogP contribution in [0, 0.1) is 10.1 Å². The van der Waals surface area contributed by atoms with Crippen molar-refractivity contribution in [3.05, 3.63) is 64.3 Å². The molecule has 0 bridgehead atoms. The smallest absolute Gasteiger partial charge is 0.269 e. The molecule has 6 heteroatoms. The number of anilines is 1. The molecule has 20 heavy (non-hydrogen) atoms. The molecule has 0 aliphatic rings. The summed E-state index contributed by atoms with van der Waals surface area (Å²) in [6, 6.07) is 12.4. The Balaban J connectivity index is 1.76. The number of rotatable bonds is 4. The van der Waals surface area contributed by atoms with Crippen molar-refractivity contribution in [2.45, 2.75) is 6.54 Å². The summed E-state index contributed by atoms with van der Waals surface area (Å²) in [5.74, 6) is 0. The normalized spacial score (nSPS) is 10.6. The summed E-state index contributed by atoms with van der Waals surface area (Å²) in [7, 11) is 0. The van der Waals surface area contributed by atoms with E-state index in [0.717, 1.165) is 22.2 Å². The number of benzene rings is 2. The van der Waals surface area contributed by atoms with Gasteiger partial charge in [0.1, 0.15) is 0 Å². The monoisotopic (exact) mass is 268 g/mol. The maximum absolute atomic E-state index is 10.6. The molecule has 0 spiro atoms. The molecule has 1 heterocycles. The highest BCUT2D eigenvalue weighted by molar-refractivity contribution is 5.89. The minimum Gasteiger partial charge on any atom is -0.379 e. The highest BCUT2D eigenvalue weighted by Crippen LogP contribution is 2.21. The Hall–Kier alpha value is -2.89. The van der Waals surface area contributed by atoms with Gasteiger partial charge >= 0.3 is 0 Å². The van der Waals surface area contributed by atoms with Gasteiger partial charge in [-0.05, 0) is 11.6 Å². The summed E-state index contributed by atoms with van der Waals surface area (Å²) < 4.78 is 0. The zero-order valence-corrected chi connectivity index (χ0v) is 10.5. The molecule has 6 nitrogen and oxygen atoms in total. The first-order valence-corrected chi connectivity index (χ1v) is 6.13. The highest BCUT2D eigenvalue weighted by Gasteiger charge is 2.05. The molecule has 3 rings (SSSR count). The molecule has 0 amide bonds. The topological polar surface area (TPSA) is 83.8 Å². The maximum Gasteiger partial charge on any atom is 0.269 e. The van der Waals surface area contributed by atoms with Gasteiger partial charge in [0.25, 0.3) is 5.69 Å². The number of non-ortho nitro benzene ring substituents is 1. The molecule has 0 saturated carbocycles. The van der Waals surface area contributed by atoms with Crippen molar-refractivity contribution >= 4 is 22.3 Å². The molecular weight excluding hydrogens is 256 g/mol. The molecule has 0 radical (unpaired) electrons. The van der Waals surface area contributed by atoms with Gasteiger partial charge in [-0.1, -0.05) is 24.3 Å². The van der Waals surface area contributed by atoms with Crippen LogP contribution in [0.3, 0.4) is 0 Å². The summed E-state index contributed by atoms with van der Waals surface area (Å²) >= 11 is 0. The van der Waals surface area contributed by atoms with Crippen molar-refractivity contribution < 1.29 is 4.92 Å². The minimum absolute atomic E-state index is 0.101. The molecule has 0 atom stereocenters. The first kappa shape index (κ1) is 12.2. The van der Waals surface area contributed by atoms with Crippen LogP contribution in [0.15, 0.2) is 48.7 Å². The maximum atomic E-state index is 10.6. The molecule has 0 aliphatic carbocycles. The highest BCUT2D eigenvalue weighted by atomic mass is 16.6. The zero-order valence-electron chi connectivity index (χ0n) is 10.5. The first-order chi connectivity index (χ1) is 9.74. The van der Waals surface area contributed by atoms with Gasteiger partial charge in [0.05, 0.1) is 22.3 Å². The Morgan fingerprint density at radius 2 is 2.00 bits per heavy atom. The Morgan fingerprint density at radius 3 is 2.75 bits per heavy atom. The lowest BCUT2D eigenvalue weighted by atomic mass is 10.2. The largest absolute Gasteiger partial charge is 0.379 e. The van der Waals surface area contributed by atoms with E-state index in [-0.39, 0.29) is 5.69 Å². The Morgan fingerprint density at radius 1 is 1.20 bits per heavy atom. The Bertz CT molecular complexity index is 749. The lowest BCUT2D eigenvalue weighted by Gasteiger charge is -2.07. The van der Waals surface area contributed by atoms with E-state index in [1.54, 1.807) is 18.3 Å². The fourth-order valence-corrected chi connectivity index (χ4v) is 2.05. The summed E-state index contributed by atoms with van der Waals surface area (Å²) in [5.41, 5.74) is 2.99. The van der Waals surface area contributed by atoms with Crippen LogP contribution in [0.5, 0.6) is 0 Å². The van der Waals surface area contributed by atoms with Gasteiger partial charge in [-0.15, -0.1) is 0 Å². The number of nitrogens with one attached hydrogen (secondary N) is 2. The molecular formula is C14H12N4O2. The van der Waals surface area contributed by atoms with Crippen molar-refractivity contribution in [3.8, 4) is 0 Å². The third kappa shape index (κ3) is 2.31. The van der Waals surface area contributed by atoms with E-state index in [0.29, 0.717) is 6.54 Å². The fraction of sp³-hybridized carbons (Fsp3) is 0.0714. The first-order valence-electron chi connectivity index (χ1n) is 6.13. The van der Waals surface area contributed by atoms with Gasteiger partial charge < -0.3 is 5.32 Å². The van der Waals surface area contributed by atoms with Crippen LogP contribution in [-0.4, -0.2) is 15.1 Å². The Labute approximate surface area is 114 Å². The molecule has 0 fully saturated rings. The van der Waals surface area contributed by atoms with E-state index < -0.39 is 4.92 Å². The van der Waals surface area contributed by atoms with Crippen LogP contribution in [0.1, 0.15) is 5.56 Å². The molecule has 3 aromatic rings. The van der Waals surface area contributed by atoms with Gasteiger partial charge in [0.2, 0.25) is 0 Å². The predicted molar refractivity (Wildman–Crippen MR) is 76.5 cm³/mol. The van der Waals surface area contributed by atoms with Gasteiger partial charge in [-0.2, -0.15) is 5.10 Å². The minimum atomic E-state index is -0.400. The molecule has 0 aliphatic heterocycles. The third-order valence-corrected chi connectivity index (χ3v) is 3.11. The van der Waals surface area contributed by atoms with E-state index in [1.165, 1.54) is 12.1 Å². The summed E-state index contributed by atoms with van der Waals surface area (Å²) in [6.45, 7) is 0.593. The number of H-pyrrole nitrogens is 1. The van der Waals surface area contributed by atoms with Gasteiger partial charge in [-0.3, -0.25) is 15.2 Å². The molecule has 0 unspecified atom stereocenters. The van der Waals surface area contributed by atoms with E-state index in [9.17, 15) is 10.1 Å². The number of nitrogens with zero attached hydrogens (tertiary/aromatic N) is 2. The van der Waals surface area contributed by atoms with Crippen molar-refractivity contribution in [1.29, 1.82) is 0 Å². The second-order valence-electron chi connectivity index (χ2n) is 4.42. The van der Waals surface area contributed by atoms with Crippen LogP contribution in [0.2, 0.25) is 0 Å². The van der Waals surface area contributed by atoms with Crippen LogP contribution in [0.25, 0.3) is 10.9 Å². The third-order valence-electron chi connectivity index (χ3n) is 3.11. The van der Waals surface area contributed by atoms with Crippen LogP contribution in [-0.2, 0) is 6.54 Å². The van der Waals surface area contributed by atoms with Crippen molar-refractivity contribution in [2.24, 2.45) is 0 Å². The van der Waals surface area contributed by atoms with Crippen molar-refractivity contribution in [1.82, 2.24) is 10.2 Å². The SMILES string of the molecule is O=[N+]([O-])c1ccc(CNc2cccc3cn[nH]c23)cc1. The van der Waals surface area contributed by atoms with E-state index in [2.05, 4.69) is 15.5 Å². The van der Waals surface area contributed by atoms with Crippen molar-refractivity contribution in [2.75, 3.05) is 5.32 Å². The van der Waals surface area contributed by atoms with E-state index in [4.69, 9.17) is 0 Å². The lowest BCUT2D eigenvalue weighted by molar-refractivity contribution is -0.384.